The maximum atomic E-state index is 13.2. The summed E-state index contributed by atoms with van der Waals surface area (Å²) in [6.07, 6.45) is -4.12. The van der Waals surface area contributed by atoms with E-state index in [-0.39, 0.29) is 25.7 Å². The molecule has 0 bridgehead atoms. The monoisotopic (exact) mass is 799 g/mol. The largest absolute Gasteiger partial charge is 0.462 e. The lowest BCUT2D eigenvalue weighted by molar-refractivity contribution is -0.344. The summed E-state index contributed by atoms with van der Waals surface area (Å²) < 4.78 is 48.2. The molecule has 0 spiro atoms. The van der Waals surface area contributed by atoms with Gasteiger partial charge in [0.05, 0.1) is 36.9 Å². The quantitative estimate of drug-likeness (QED) is 0.156. The number of esters is 3. The highest BCUT2D eigenvalue weighted by Gasteiger charge is 2.53. The Morgan fingerprint density at radius 1 is 1.02 bits per heavy atom. The third-order valence-electron chi connectivity index (χ3n) is 10.6. The van der Waals surface area contributed by atoms with Gasteiger partial charge in [-0.3, -0.25) is 14.4 Å². The number of aldehydes is 1. The number of aliphatic hydroxyl groups excluding tert-OH is 2. The highest BCUT2D eigenvalue weighted by atomic mass is 16.7. The van der Waals surface area contributed by atoms with Crippen LogP contribution in [0.2, 0.25) is 0 Å². The van der Waals surface area contributed by atoms with E-state index in [1.54, 1.807) is 77.9 Å². The summed E-state index contributed by atoms with van der Waals surface area (Å²) in [6.45, 7) is 11.3. The van der Waals surface area contributed by atoms with E-state index < -0.39 is 121 Å². The van der Waals surface area contributed by atoms with E-state index in [4.69, 9.17) is 37.9 Å². The molecule has 0 saturated carbocycles. The van der Waals surface area contributed by atoms with Gasteiger partial charge in [0.25, 0.3) is 0 Å². The van der Waals surface area contributed by atoms with Gasteiger partial charge in [-0.15, -0.1) is 0 Å². The second-order valence-electron chi connectivity index (χ2n) is 15.7. The zero-order valence-electron chi connectivity index (χ0n) is 34.5. The number of carbonyl (C=O) groups excluding carboxylic acids is 4. The van der Waals surface area contributed by atoms with E-state index >= 15 is 0 Å². The predicted molar refractivity (Wildman–Crippen MR) is 201 cm³/mol. The Morgan fingerprint density at radius 3 is 2.30 bits per heavy atom. The van der Waals surface area contributed by atoms with Crippen molar-refractivity contribution in [3.63, 3.8) is 0 Å². The van der Waals surface area contributed by atoms with E-state index in [9.17, 15) is 34.5 Å². The molecule has 320 valence electrons. The van der Waals surface area contributed by atoms with E-state index in [0.29, 0.717) is 12.7 Å². The topological polar surface area (TPSA) is 206 Å². The molecule has 2 saturated heterocycles. The van der Waals surface area contributed by atoms with Crippen LogP contribution in [0.5, 0.6) is 0 Å². The van der Waals surface area contributed by atoms with Crippen molar-refractivity contribution in [2.24, 2.45) is 11.8 Å². The lowest BCUT2D eigenvalue weighted by Crippen LogP contribution is -2.66. The number of cyclic esters (lactones) is 1. The highest BCUT2D eigenvalue weighted by Crippen LogP contribution is 2.37. The van der Waals surface area contributed by atoms with Gasteiger partial charge in [-0.2, -0.15) is 0 Å². The van der Waals surface area contributed by atoms with Crippen molar-refractivity contribution in [1.82, 2.24) is 4.90 Å². The van der Waals surface area contributed by atoms with Gasteiger partial charge in [-0.05, 0) is 60.0 Å². The Hall–Kier alpha value is -2.80. The van der Waals surface area contributed by atoms with Crippen molar-refractivity contribution in [2.45, 2.75) is 172 Å². The fourth-order valence-electron chi connectivity index (χ4n) is 7.78. The highest BCUT2D eigenvalue weighted by molar-refractivity contribution is 5.72. The Bertz CT molecular complexity index is 1340. The van der Waals surface area contributed by atoms with Gasteiger partial charge >= 0.3 is 17.9 Å². The number of nitrogens with zero attached hydrogens (tertiary/aromatic N) is 1. The summed E-state index contributed by atoms with van der Waals surface area (Å²) in [4.78, 5) is 51.7. The molecule has 3 rings (SSSR count). The van der Waals surface area contributed by atoms with E-state index in [0.717, 1.165) is 0 Å². The van der Waals surface area contributed by atoms with Crippen molar-refractivity contribution in [3.05, 3.63) is 24.3 Å². The van der Waals surface area contributed by atoms with Crippen molar-refractivity contribution in [2.75, 3.05) is 21.2 Å². The molecule has 2 fully saturated rings. The molecular formula is C40H65NO15. The van der Waals surface area contributed by atoms with Gasteiger partial charge in [0.1, 0.15) is 42.4 Å². The lowest BCUT2D eigenvalue weighted by atomic mass is 9.82. The molecule has 0 aromatic heterocycles. The maximum absolute atomic E-state index is 13.2. The van der Waals surface area contributed by atoms with Gasteiger partial charge in [0.2, 0.25) is 0 Å². The molecule has 16 nitrogen and oxygen atoms in total. The first-order valence-corrected chi connectivity index (χ1v) is 19.6. The lowest BCUT2D eigenvalue weighted by Gasteiger charge is -2.50. The Morgan fingerprint density at radius 2 is 1.71 bits per heavy atom. The fraction of sp³-hybridized carbons (Fsp3) is 0.800. The van der Waals surface area contributed by atoms with Crippen LogP contribution in [0.1, 0.15) is 87.0 Å². The first kappa shape index (κ1) is 47.6. The van der Waals surface area contributed by atoms with E-state index in [1.165, 1.54) is 14.0 Å². The third-order valence-corrected chi connectivity index (χ3v) is 10.6. The number of allylic oxidation sites excluding steroid dienone is 2. The molecule has 0 aromatic rings. The number of ether oxygens (including phenoxy) is 8. The van der Waals surface area contributed by atoms with Crippen LogP contribution in [0.3, 0.4) is 0 Å². The summed E-state index contributed by atoms with van der Waals surface area (Å²) in [6, 6.07) is -0.778. The van der Waals surface area contributed by atoms with Gasteiger partial charge < -0.3 is 62.9 Å². The van der Waals surface area contributed by atoms with Gasteiger partial charge in [0.15, 0.2) is 18.7 Å². The zero-order valence-corrected chi connectivity index (χ0v) is 34.5. The smallest absolute Gasteiger partial charge is 0.309 e. The minimum absolute atomic E-state index is 0.0440. The molecule has 3 heterocycles. The number of hydrogen-bond acceptors (Lipinski definition) is 16. The van der Waals surface area contributed by atoms with Crippen molar-refractivity contribution in [1.29, 1.82) is 0 Å². The normalized spacial score (nSPS) is 40.5. The molecular weight excluding hydrogens is 734 g/mol. The van der Waals surface area contributed by atoms with Crippen LogP contribution in [0, 0.1) is 11.8 Å². The summed E-state index contributed by atoms with van der Waals surface area (Å²) >= 11 is 0. The number of aliphatic hydroxyl groups is 3. The first-order chi connectivity index (χ1) is 26.3. The molecule has 0 amide bonds. The fourth-order valence-corrected chi connectivity index (χ4v) is 7.78. The second kappa shape index (κ2) is 21.8. The van der Waals surface area contributed by atoms with Crippen molar-refractivity contribution in [3.8, 4) is 0 Å². The molecule has 56 heavy (non-hydrogen) atoms. The molecule has 0 aliphatic carbocycles. The molecule has 0 aromatic carbocycles. The van der Waals surface area contributed by atoms with E-state index in [2.05, 4.69) is 0 Å². The Balaban J connectivity index is 2.00. The van der Waals surface area contributed by atoms with Crippen molar-refractivity contribution >= 4 is 24.2 Å². The van der Waals surface area contributed by atoms with E-state index in [1.807, 2.05) is 6.92 Å². The molecule has 0 radical (unpaired) electrons. The van der Waals surface area contributed by atoms with Crippen LogP contribution in [-0.2, 0) is 57.1 Å². The molecule has 16 atom stereocenters. The Labute approximate surface area is 330 Å². The average molecular weight is 800 g/mol. The van der Waals surface area contributed by atoms with Crippen LogP contribution in [0.4, 0.5) is 0 Å². The van der Waals surface area contributed by atoms with Gasteiger partial charge in [-0.25, -0.2) is 0 Å². The predicted octanol–water partition coefficient (Wildman–Crippen LogP) is 2.38. The molecule has 3 aliphatic heterocycles. The summed E-state index contributed by atoms with van der Waals surface area (Å²) in [5, 5.41) is 34.4. The summed E-state index contributed by atoms with van der Waals surface area (Å²) in [5.74, 6) is -2.92. The van der Waals surface area contributed by atoms with Crippen LogP contribution in [0.15, 0.2) is 24.3 Å². The maximum Gasteiger partial charge on any atom is 0.309 e. The van der Waals surface area contributed by atoms with Crippen LogP contribution in [0.25, 0.3) is 0 Å². The van der Waals surface area contributed by atoms with Crippen LogP contribution >= 0.6 is 0 Å². The van der Waals surface area contributed by atoms with Gasteiger partial charge in [0, 0.05) is 39.7 Å². The number of rotatable bonds is 11. The first-order valence-electron chi connectivity index (χ1n) is 19.6. The van der Waals surface area contributed by atoms with Gasteiger partial charge in [-0.1, -0.05) is 38.2 Å². The Kier molecular flexibility index (Phi) is 18.5. The number of carbonyl (C=O) groups is 4. The zero-order chi connectivity index (χ0) is 41.9. The molecule has 3 aliphatic rings. The number of likely N-dealkylation sites (N-methyl/N-ethyl adjacent to an activating group) is 1. The van der Waals surface area contributed by atoms with Crippen LogP contribution in [-0.4, -0.2) is 151 Å². The van der Waals surface area contributed by atoms with Crippen molar-refractivity contribution < 1.29 is 72.4 Å². The minimum Gasteiger partial charge on any atom is -0.462 e. The minimum atomic E-state index is -1.49. The molecule has 3 N–H and O–H groups in total. The third kappa shape index (κ3) is 13.1. The van der Waals surface area contributed by atoms with Crippen LogP contribution < -0.4 is 0 Å². The average Bonchev–Trinajstić information content (AvgIpc) is 3.09. The molecule has 16 heteroatoms. The molecule has 10 unspecified atom stereocenters. The second-order valence-corrected chi connectivity index (χ2v) is 15.7. The SMILES string of the molecule is CCC(=O)OC1C(C)OC(OC2C(C)OC(O[C@H]3[C@@H](CC=O)C[C@@H](C)C(O)C=CC=CC[C@@H](C)OC(=O)C[C@@H](OC(C)=O)[C@@H]3OC)C(O)C2N(C)C)CC1(C)O. The number of hydrogen-bond donors (Lipinski definition) is 3. The summed E-state index contributed by atoms with van der Waals surface area (Å²) in [7, 11) is 4.85. The summed E-state index contributed by atoms with van der Waals surface area (Å²) in [5.41, 5.74) is -1.49. The number of methoxy groups -OCH3 is 1. The standard InChI is InChI=1S/C40H65NO15/c1-11-30(45)54-38-25(5)51-32(21-40(38,7)48)55-35-24(4)52-39(34(47)33(35)41(8)9)56-36-27(17-18-42)19-22(2)28(44)16-14-12-13-15-23(3)50-31(46)20-29(37(36)49-10)53-26(6)43/h12-14,16,18,22-25,27-29,32-39,44,47-48H,11,15,17,19-21H2,1-10H3/t22-,23-,24?,25?,27+,28?,29-,32?,33?,34?,35?,36+,37+,38?,39?,40?/m1/s1.